The second-order valence-corrected chi connectivity index (χ2v) is 4.94. The van der Waals surface area contributed by atoms with Crippen molar-refractivity contribution >= 4 is 17.2 Å². The van der Waals surface area contributed by atoms with E-state index < -0.39 is 0 Å². The van der Waals surface area contributed by atoms with E-state index in [4.69, 9.17) is 17.2 Å². The summed E-state index contributed by atoms with van der Waals surface area (Å²) in [4.78, 5) is 8.45. The van der Waals surface area contributed by atoms with Crippen LogP contribution in [0.4, 0.5) is 11.5 Å². The topological polar surface area (TPSA) is 108 Å². The first-order chi connectivity index (χ1) is 11.7. The number of fused-ring (bicyclic) bond motifs is 1. The number of rotatable bonds is 3. The van der Waals surface area contributed by atoms with Crippen LogP contribution in [0.3, 0.4) is 0 Å². The third-order valence-electron chi connectivity index (χ3n) is 3.14. The maximum Gasteiger partial charge on any atom is 0.179 e. The summed E-state index contributed by atoms with van der Waals surface area (Å²) in [7, 11) is 0. The van der Waals surface area contributed by atoms with Crippen LogP contribution >= 0.6 is 0 Å². The molecule has 0 unspecified atom stereocenters. The molecule has 24 heavy (non-hydrogen) atoms. The first kappa shape index (κ1) is 19.4. The summed E-state index contributed by atoms with van der Waals surface area (Å²) in [6.45, 7) is 6.98. The van der Waals surface area contributed by atoms with Gasteiger partial charge in [-0.3, -0.25) is 0 Å². The third kappa shape index (κ3) is 5.24. The van der Waals surface area contributed by atoms with Gasteiger partial charge in [0.25, 0.3) is 0 Å². The van der Waals surface area contributed by atoms with Crippen molar-refractivity contribution in [1.29, 1.82) is 0 Å². The maximum absolute atomic E-state index is 5.85. The van der Waals surface area contributed by atoms with Crippen LogP contribution in [0.5, 0.6) is 0 Å². The van der Waals surface area contributed by atoms with Gasteiger partial charge in [-0.05, 0) is 25.1 Å². The van der Waals surface area contributed by atoms with Crippen LogP contribution in [0.15, 0.2) is 42.9 Å². The summed E-state index contributed by atoms with van der Waals surface area (Å²) in [6.07, 6.45) is 7.80. The van der Waals surface area contributed by atoms with Crippen LogP contribution < -0.4 is 17.2 Å². The molecule has 3 rings (SSSR count). The van der Waals surface area contributed by atoms with E-state index in [2.05, 4.69) is 16.9 Å². The Hall–Kier alpha value is -2.60. The fraction of sp³-hybridized carbons (Fsp3) is 0.333. The molecule has 0 aliphatic heterocycles. The van der Waals surface area contributed by atoms with E-state index in [-0.39, 0.29) is 0 Å². The molecular weight excluding hydrogens is 300 g/mol. The SMILES string of the molecule is CC.CCCCN.Nc1cccc(-c2cn3ccnc3c(N)n2)c1. The van der Waals surface area contributed by atoms with Crippen LogP contribution in [0.1, 0.15) is 33.6 Å². The fourth-order valence-electron chi connectivity index (χ4n) is 2.00. The van der Waals surface area contributed by atoms with Gasteiger partial charge in [-0.2, -0.15) is 0 Å². The Morgan fingerprint density at radius 2 is 1.92 bits per heavy atom. The number of anilines is 2. The Morgan fingerprint density at radius 1 is 1.17 bits per heavy atom. The second-order valence-electron chi connectivity index (χ2n) is 4.94. The molecule has 6 heteroatoms. The fourth-order valence-corrected chi connectivity index (χ4v) is 2.00. The molecule has 0 fully saturated rings. The standard InChI is InChI=1S/C12H11N5.C4H11N.C2H6/c13-9-3-1-2-8(6-9)10-7-17-5-4-15-12(17)11(14)16-10;1-2-3-4-5;1-2/h1-7H,13H2,(H2,14,16);2-5H2,1H3;1-2H3. The number of benzene rings is 1. The smallest absolute Gasteiger partial charge is 0.179 e. The summed E-state index contributed by atoms with van der Waals surface area (Å²) in [5.41, 5.74) is 19.8. The molecule has 0 aliphatic rings. The van der Waals surface area contributed by atoms with E-state index in [1.165, 1.54) is 12.8 Å². The minimum Gasteiger partial charge on any atom is -0.399 e. The quantitative estimate of drug-likeness (QED) is 0.639. The Kier molecular flexibility index (Phi) is 8.29. The zero-order valence-corrected chi connectivity index (χ0v) is 14.7. The highest BCUT2D eigenvalue weighted by Crippen LogP contribution is 2.21. The van der Waals surface area contributed by atoms with Crippen LogP contribution in [0.2, 0.25) is 0 Å². The molecule has 0 saturated carbocycles. The van der Waals surface area contributed by atoms with Crippen LogP contribution in [0.25, 0.3) is 16.9 Å². The number of hydrogen-bond donors (Lipinski definition) is 3. The molecule has 1 aromatic carbocycles. The number of imidazole rings is 1. The first-order valence-electron chi connectivity index (χ1n) is 8.31. The summed E-state index contributed by atoms with van der Waals surface area (Å²) >= 11 is 0. The van der Waals surface area contributed by atoms with Gasteiger partial charge < -0.3 is 21.6 Å². The van der Waals surface area contributed by atoms with E-state index in [1.807, 2.05) is 54.9 Å². The van der Waals surface area contributed by atoms with Gasteiger partial charge in [0.05, 0.1) is 5.69 Å². The zero-order valence-electron chi connectivity index (χ0n) is 14.7. The lowest BCUT2D eigenvalue weighted by Gasteiger charge is -2.05. The number of nitrogens with two attached hydrogens (primary N) is 3. The van der Waals surface area contributed by atoms with E-state index >= 15 is 0 Å². The largest absolute Gasteiger partial charge is 0.399 e. The molecular formula is C18H28N6. The molecule has 6 N–H and O–H groups in total. The number of nitrogen functional groups attached to an aromatic ring is 2. The Labute approximate surface area is 143 Å². The van der Waals surface area contributed by atoms with Crippen molar-refractivity contribution in [3.05, 3.63) is 42.9 Å². The average Bonchev–Trinajstić information content (AvgIpc) is 3.07. The van der Waals surface area contributed by atoms with Gasteiger partial charge in [0.1, 0.15) is 0 Å². The van der Waals surface area contributed by atoms with Crippen LogP contribution in [0, 0.1) is 0 Å². The highest BCUT2D eigenvalue weighted by molar-refractivity contribution is 5.69. The van der Waals surface area contributed by atoms with E-state index in [0.717, 1.165) is 17.8 Å². The zero-order chi connectivity index (χ0) is 17.9. The van der Waals surface area contributed by atoms with Gasteiger partial charge in [0.15, 0.2) is 11.5 Å². The minimum absolute atomic E-state index is 0.412. The highest BCUT2D eigenvalue weighted by atomic mass is 15.0. The monoisotopic (exact) mass is 328 g/mol. The number of nitrogens with zero attached hydrogens (tertiary/aromatic N) is 3. The van der Waals surface area contributed by atoms with E-state index in [9.17, 15) is 0 Å². The van der Waals surface area contributed by atoms with Crippen molar-refractivity contribution in [1.82, 2.24) is 14.4 Å². The highest BCUT2D eigenvalue weighted by Gasteiger charge is 2.06. The van der Waals surface area contributed by atoms with Gasteiger partial charge in [-0.15, -0.1) is 0 Å². The van der Waals surface area contributed by atoms with Gasteiger partial charge >= 0.3 is 0 Å². The van der Waals surface area contributed by atoms with Crippen molar-refractivity contribution < 1.29 is 0 Å². The molecule has 2 heterocycles. The van der Waals surface area contributed by atoms with Crippen molar-refractivity contribution in [2.45, 2.75) is 33.6 Å². The lowest BCUT2D eigenvalue weighted by molar-refractivity contribution is 0.807. The molecule has 6 nitrogen and oxygen atoms in total. The summed E-state index contributed by atoms with van der Waals surface area (Å²) in [6, 6.07) is 7.54. The summed E-state index contributed by atoms with van der Waals surface area (Å²) in [5.74, 6) is 0.412. The lowest BCUT2D eigenvalue weighted by Crippen LogP contribution is -1.98. The molecule has 0 aliphatic carbocycles. The number of hydrogen-bond acceptors (Lipinski definition) is 5. The molecule has 0 amide bonds. The number of aromatic nitrogens is 3. The summed E-state index contributed by atoms with van der Waals surface area (Å²) in [5, 5.41) is 0. The molecule has 0 saturated heterocycles. The van der Waals surface area contributed by atoms with E-state index in [1.54, 1.807) is 6.20 Å². The Balaban J connectivity index is 0.000000356. The first-order valence-corrected chi connectivity index (χ1v) is 8.31. The maximum atomic E-state index is 5.85. The van der Waals surface area contributed by atoms with Crippen molar-refractivity contribution in [3.63, 3.8) is 0 Å². The van der Waals surface area contributed by atoms with Gasteiger partial charge in [0.2, 0.25) is 0 Å². The predicted octanol–water partition coefficient (Wildman–Crippen LogP) is 3.33. The van der Waals surface area contributed by atoms with Gasteiger partial charge in [0, 0.05) is 29.8 Å². The van der Waals surface area contributed by atoms with Crippen molar-refractivity contribution in [3.8, 4) is 11.3 Å². The summed E-state index contributed by atoms with van der Waals surface area (Å²) < 4.78 is 1.85. The Bertz CT molecular complexity index is 733. The Morgan fingerprint density at radius 3 is 2.50 bits per heavy atom. The molecule has 0 bridgehead atoms. The van der Waals surface area contributed by atoms with Crippen molar-refractivity contribution in [2.24, 2.45) is 5.73 Å². The van der Waals surface area contributed by atoms with Crippen LogP contribution in [-0.4, -0.2) is 20.9 Å². The molecule has 0 radical (unpaired) electrons. The molecule has 130 valence electrons. The van der Waals surface area contributed by atoms with Gasteiger partial charge in [-0.1, -0.05) is 39.3 Å². The average molecular weight is 328 g/mol. The van der Waals surface area contributed by atoms with Crippen molar-refractivity contribution in [2.75, 3.05) is 18.0 Å². The lowest BCUT2D eigenvalue weighted by atomic mass is 10.1. The van der Waals surface area contributed by atoms with Gasteiger partial charge in [-0.25, -0.2) is 9.97 Å². The second kappa shape index (κ2) is 10.2. The van der Waals surface area contributed by atoms with Crippen LogP contribution in [-0.2, 0) is 0 Å². The molecule has 0 atom stereocenters. The minimum atomic E-state index is 0.412. The normalized spacial score (nSPS) is 9.67. The molecule has 2 aromatic heterocycles. The number of unbranched alkanes of at least 4 members (excludes halogenated alkanes) is 1. The van der Waals surface area contributed by atoms with E-state index in [0.29, 0.717) is 17.2 Å². The predicted molar refractivity (Wildman–Crippen MR) is 103 cm³/mol. The third-order valence-corrected chi connectivity index (χ3v) is 3.14. The molecule has 0 spiro atoms. The molecule has 3 aromatic rings.